The molecule has 0 spiro atoms. The van der Waals surface area contributed by atoms with Crippen LogP contribution in [0, 0.1) is 0 Å². The van der Waals surface area contributed by atoms with E-state index in [1.54, 1.807) is 30.6 Å². The van der Waals surface area contributed by atoms with E-state index in [4.69, 9.17) is 5.73 Å². The molecule has 4 N–H and O–H groups in total. The Morgan fingerprint density at radius 1 is 1.46 bits per heavy atom. The SMILES string of the molecule is CCNC(=O)c1cc2c(/C(=N\O)c3cccnc3)nc(N)nc2s1. The van der Waals surface area contributed by atoms with Gasteiger partial charge in [0.25, 0.3) is 5.91 Å². The first-order valence-electron chi connectivity index (χ1n) is 7.12. The number of fused-ring (bicyclic) bond motifs is 1. The second-order valence-corrected chi connectivity index (χ2v) is 5.84. The molecular weight excluding hydrogens is 328 g/mol. The molecule has 9 heteroatoms. The second-order valence-electron chi connectivity index (χ2n) is 4.81. The predicted octanol–water partition coefficient (Wildman–Crippen LogP) is 1.64. The molecule has 24 heavy (non-hydrogen) atoms. The number of anilines is 1. The number of nitrogens with two attached hydrogens (primary N) is 1. The van der Waals surface area contributed by atoms with Crippen LogP contribution in [0.1, 0.15) is 27.9 Å². The van der Waals surface area contributed by atoms with Crippen molar-refractivity contribution in [1.29, 1.82) is 0 Å². The van der Waals surface area contributed by atoms with Crippen molar-refractivity contribution in [2.24, 2.45) is 5.16 Å². The predicted molar refractivity (Wildman–Crippen MR) is 91.5 cm³/mol. The van der Waals surface area contributed by atoms with Crippen LogP contribution in [0.25, 0.3) is 10.2 Å². The Morgan fingerprint density at radius 2 is 2.29 bits per heavy atom. The molecule has 0 aliphatic carbocycles. The third kappa shape index (κ3) is 2.88. The number of rotatable bonds is 4. The number of aromatic nitrogens is 3. The van der Waals surface area contributed by atoms with Crippen molar-refractivity contribution in [2.75, 3.05) is 12.3 Å². The summed E-state index contributed by atoms with van der Waals surface area (Å²) >= 11 is 1.20. The number of hydrogen-bond acceptors (Lipinski definition) is 8. The molecule has 3 rings (SSSR count). The van der Waals surface area contributed by atoms with Crippen LogP contribution in [-0.4, -0.2) is 38.3 Å². The van der Waals surface area contributed by atoms with Gasteiger partial charge in [-0.25, -0.2) is 9.97 Å². The lowest BCUT2D eigenvalue weighted by Gasteiger charge is -2.05. The Morgan fingerprint density at radius 3 is 2.96 bits per heavy atom. The van der Waals surface area contributed by atoms with Gasteiger partial charge in [-0.2, -0.15) is 0 Å². The van der Waals surface area contributed by atoms with Crippen molar-refractivity contribution in [3.8, 4) is 0 Å². The van der Waals surface area contributed by atoms with Crippen LogP contribution in [-0.2, 0) is 0 Å². The van der Waals surface area contributed by atoms with E-state index < -0.39 is 0 Å². The molecule has 122 valence electrons. The van der Waals surface area contributed by atoms with Gasteiger partial charge in [-0.1, -0.05) is 5.16 Å². The van der Waals surface area contributed by atoms with E-state index in [9.17, 15) is 10.0 Å². The number of nitrogens with zero attached hydrogens (tertiary/aromatic N) is 4. The van der Waals surface area contributed by atoms with E-state index in [0.29, 0.717) is 32.9 Å². The van der Waals surface area contributed by atoms with Crippen LogP contribution >= 0.6 is 11.3 Å². The summed E-state index contributed by atoms with van der Waals surface area (Å²) in [7, 11) is 0. The standard InChI is InChI=1S/C15H14N6O2S/c1-2-18-13(22)10-6-9-12(19-15(16)20-14(9)24-10)11(21-23)8-4-3-5-17-7-8/h3-7,23H,2H2,1H3,(H,18,22)(H2,16,19,20)/b21-11-. The highest BCUT2D eigenvalue weighted by molar-refractivity contribution is 7.20. The minimum Gasteiger partial charge on any atom is -0.410 e. The Bertz CT molecular complexity index is 922. The molecule has 0 bridgehead atoms. The number of nitrogen functional groups attached to an aromatic ring is 1. The fraction of sp³-hybridized carbons (Fsp3) is 0.133. The van der Waals surface area contributed by atoms with Crippen molar-refractivity contribution < 1.29 is 10.0 Å². The minimum absolute atomic E-state index is 0.0341. The summed E-state index contributed by atoms with van der Waals surface area (Å²) < 4.78 is 0. The number of carbonyl (C=O) groups is 1. The number of carbonyl (C=O) groups excluding carboxylic acids is 1. The zero-order valence-electron chi connectivity index (χ0n) is 12.7. The van der Waals surface area contributed by atoms with Crippen LogP contribution in [0.15, 0.2) is 35.7 Å². The number of oxime groups is 1. The molecular formula is C15H14N6O2S. The van der Waals surface area contributed by atoms with E-state index >= 15 is 0 Å². The average molecular weight is 342 g/mol. The van der Waals surface area contributed by atoms with E-state index in [2.05, 4.69) is 25.4 Å². The van der Waals surface area contributed by atoms with Gasteiger partial charge in [0.1, 0.15) is 16.2 Å². The van der Waals surface area contributed by atoms with E-state index in [1.807, 2.05) is 6.92 Å². The number of amides is 1. The first kappa shape index (κ1) is 15.8. The molecule has 0 fully saturated rings. The average Bonchev–Trinajstić information content (AvgIpc) is 3.01. The lowest BCUT2D eigenvalue weighted by molar-refractivity contribution is 0.0960. The molecule has 8 nitrogen and oxygen atoms in total. The van der Waals surface area contributed by atoms with E-state index in [0.717, 1.165) is 0 Å². The highest BCUT2D eigenvalue weighted by Gasteiger charge is 2.19. The Kier molecular flexibility index (Phi) is 4.34. The number of pyridine rings is 1. The Labute approximate surface area is 141 Å². The normalized spacial score (nSPS) is 11.6. The third-order valence-electron chi connectivity index (χ3n) is 3.23. The molecule has 0 radical (unpaired) electrons. The monoisotopic (exact) mass is 342 g/mol. The Hall–Kier alpha value is -3.07. The summed E-state index contributed by atoms with van der Waals surface area (Å²) in [5.41, 5.74) is 6.90. The zero-order valence-corrected chi connectivity index (χ0v) is 13.5. The van der Waals surface area contributed by atoms with Crippen molar-refractivity contribution in [3.63, 3.8) is 0 Å². The van der Waals surface area contributed by atoms with Gasteiger partial charge in [0.05, 0.1) is 4.88 Å². The molecule has 0 aliphatic heterocycles. The smallest absolute Gasteiger partial charge is 0.261 e. The van der Waals surface area contributed by atoms with Crippen molar-refractivity contribution in [3.05, 3.63) is 46.7 Å². The molecule has 0 saturated carbocycles. The summed E-state index contributed by atoms with van der Waals surface area (Å²) in [4.78, 5) is 25.4. The van der Waals surface area contributed by atoms with Crippen molar-refractivity contribution in [2.45, 2.75) is 6.92 Å². The van der Waals surface area contributed by atoms with Crippen LogP contribution in [0.2, 0.25) is 0 Å². The second kappa shape index (κ2) is 6.59. The first-order valence-corrected chi connectivity index (χ1v) is 7.93. The van der Waals surface area contributed by atoms with Gasteiger partial charge in [-0.3, -0.25) is 9.78 Å². The quantitative estimate of drug-likeness (QED) is 0.376. The first-order chi connectivity index (χ1) is 11.6. The summed E-state index contributed by atoms with van der Waals surface area (Å²) in [6.07, 6.45) is 3.16. The summed E-state index contributed by atoms with van der Waals surface area (Å²) in [5, 5.41) is 16.1. The lowest BCUT2D eigenvalue weighted by Crippen LogP contribution is -2.21. The van der Waals surface area contributed by atoms with Crippen molar-refractivity contribution >= 4 is 39.1 Å². The molecule has 3 aromatic heterocycles. The van der Waals surface area contributed by atoms with Crippen LogP contribution < -0.4 is 11.1 Å². The van der Waals surface area contributed by atoms with Gasteiger partial charge in [-0.05, 0) is 25.1 Å². The molecule has 3 aromatic rings. The number of thiophene rings is 1. The van der Waals surface area contributed by atoms with Gasteiger partial charge in [0.15, 0.2) is 0 Å². The maximum absolute atomic E-state index is 12.1. The maximum Gasteiger partial charge on any atom is 0.261 e. The Balaban J connectivity index is 2.18. The van der Waals surface area contributed by atoms with Crippen LogP contribution in [0.4, 0.5) is 5.95 Å². The molecule has 1 amide bonds. The summed E-state index contributed by atoms with van der Waals surface area (Å²) in [6, 6.07) is 5.13. The fourth-order valence-corrected chi connectivity index (χ4v) is 3.18. The summed E-state index contributed by atoms with van der Waals surface area (Å²) in [6.45, 7) is 2.36. The van der Waals surface area contributed by atoms with Crippen LogP contribution in [0.5, 0.6) is 0 Å². The van der Waals surface area contributed by atoms with Crippen LogP contribution in [0.3, 0.4) is 0 Å². The van der Waals surface area contributed by atoms with Gasteiger partial charge < -0.3 is 16.3 Å². The molecule has 0 saturated heterocycles. The molecule has 0 aromatic carbocycles. The molecule has 0 unspecified atom stereocenters. The molecule has 0 aliphatic rings. The van der Waals surface area contributed by atoms with Gasteiger partial charge in [0.2, 0.25) is 5.95 Å². The van der Waals surface area contributed by atoms with Crippen molar-refractivity contribution in [1.82, 2.24) is 20.3 Å². The zero-order chi connectivity index (χ0) is 17.1. The molecule has 0 atom stereocenters. The summed E-state index contributed by atoms with van der Waals surface area (Å²) in [5.74, 6) is -0.166. The van der Waals surface area contributed by atoms with E-state index in [1.165, 1.54) is 11.3 Å². The minimum atomic E-state index is -0.200. The van der Waals surface area contributed by atoms with Gasteiger partial charge in [-0.15, -0.1) is 11.3 Å². The third-order valence-corrected chi connectivity index (χ3v) is 4.26. The van der Waals surface area contributed by atoms with E-state index in [-0.39, 0.29) is 17.6 Å². The lowest BCUT2D eigenvalue weighted by atomic mass is 10.1. The van der Waals surface area contributed by atoms with Gasteiger partial charge in [0, 0.05) is 29.9 Å². The topological polar surface area (TPSA) is 126 Å². The highest BCUT2D eigenvalue weighted by Crippen LogP contribution is 2.28. The molecule has 3 heterocycles. The van der Waals surface area contributed by atoms with Gasteiger partial charge >= 0.3 is 0 Å². The number of nitrogens with one attached hydrogen (secondary N) is 1. The maximum atomic E-state index is 12.1. The highest BCUT2D eigenvalue weighted by atomic mass is 32.1. The largest absolute Gasteiger partial charge is 0.410 e. The fourth-order valence-electron chi connectivity index (χ4n) is 2.22. The number of hydrogen-bond donors (Lipinski definition) is 3.